The number of amides is 2. The second-order valence-corrected chi connectivity index (χ2v) is 10.6. The molecule has 4 rings (SSSR count). The Hall–Kier alpha value is -2.49. The van der Waals surface area contributed by atoms with Crippen LogP contribution < -0.4 is 15.5 Å². The molecule has 1 aromatic carbocycles. The lowest BCUT2D eigenvalue weighted by Gasteiger charge is -2.36. The number of rotatable bonds is 9. The van der Waals surface area contributed by atoms with Crippen molar-refractivity contribution < 1.29 is 19.1 Å². The zero-order chi connectivity index (χ0) is 25.8. The van der Waals surface area contributed by atoms with Gasteiger partial charge in [-0.3, -0.25) is 19.3 Å². The van der Waals surface area contributed by atoms with E-state index >= 15 is 0 Å². The minimum atomic E-state index is -0.700. The smallest absolute Gasteiger partial charge is 0.251 e. The van der Waals surface area contributed by atoms with Gasteiger partial charge in [-0.05, 0) is 56.6 Å². The molecule has 1 aromatic rings. The van der Waals surface area contributed by atoms with Gasteiger partial charge < -0.3 is 25.2 Å². The molecule has 1 unspecified atom stereocenters. The fourth-order valence-electron chi connectivity index (χ4n) is 5.64. The van der Waals surface area contributed by atoms with Crippen molar-refractivity contribution in [2.45, 2.75) is 57.8 Å². The second kappa shape index (κ2) is 11.7. The first-order chi connectivity index (χ1) is 17.3. The average molecular weight is 500 g/mol. The van der Waals surface area contributed by atoms with Gasteiger partial charge in [0.2, 0.25) is 5.91 Å². The molecule has 3 aliphatic heterocycles. The third-order valence-corrected chi connectivity index (χ3v) is 7.56. The SMILES string of the molecule is CCCN1CCN(c2ccc(C(=O)NC(CC(C)C)C(=O)N3C[C@H](NC)[C@H]4OCC(=O)[C@H]43)cc2)CC1. The van der Waals surface area contributed by atoms with E-state index in [-0.39, 0.29) is 42.3 Å². The van der Waals surface area contributed by atoms with Gasteiger partial charge in [-0.1, -0.05) is 20.8 Å². The zero-order valence-corrected chi connectivity index (χ0v) is 22.0. The summed E-state index contributed by atoms with van der Waals surface area (Å²) < 4.78 is 5.66. The van der Waals surface area contributed by atoms with Crippen LogP contribution in [-0.2, 0) is 14.3 Å². The first-order valence-corrected chi connectivity index (χ1v) is 13.3. The molecule has 0 aliphatic carbocycles. The highest BCUT2D eigenvalue weighted by atomic mass is 16.5. The Labute approximate surface area is 214 Å². The van der Waals surface area contributed by atoms with Gasteiger partial charge in [-0.25, -0.2) is 0 Å². The Bertz CT molecular complexity index is 929. The van der Waals surface area contributed by atoms with Gasteiger partial charge in [-0.2, -0.15) is 0 Å². The summed E-state index contributed by atoms with van der Waals surface area (Å²) >= 11 is 0. The van der Waals surface area contributed by atoms with E-state index in [0.717, 1.165) is 38.4 Å². The molecule has 9 heteroatoms. The molecule has 0 bridgehead atoms. The van der Waals surface area contributed by atoms with Crippen LogP contribution in [-0.4, -0.2) is 105 Å². The molecule has 3 aliphatic rings. The predicted octanol–water partition coefficient (Wildman–Crippen LogP) is 1.13. The normalized spacial score (nSPS) is 25.4. The highest BCUT2D eigenvalue weighted by molar-refractivity contribution is 5.99. The largest absolute Gasteiger partial charge is 0.369 e. The van der Waals surface area contributed by atoms with E-state index in [9.17, 15) is 14.4 Å². The van der Waals surface area contributed by atoms with E-state index in [1.807, 2.05) is 45.2 Å². The van der Waals surface area contributed by atoms with E-state index in [1.165, 1.54) is 6.42 Å². The van der Waals surface area contributed by atoms with Crippen molar-refractivity contribution in [1.29, 1.82) is 0 Å². The van der Waals surface area contributed by atoms with Gasteiger partial charge in [-0.15, -0.1) is 0 Å². The Balaban J connectivity index is 1.41. The van der Waals surface area contributed by atoms with Crippen molar-refractivity contribution in [1.82, 2.24) is 20.4 Å². The van der Waals surface area contributed by atoms with E-state index in [2.05, 4.69) is 27.4 Å². The first-order valence-electron chi connectivity index (χ1n) is 13.3. The van der Waals surface area contributed by atoms with Gasteiger partial charge in [0.05, 0.1) is 6.04 Å². The summed E-state index contributed by atoms with van der Waals surface area (Å²) in [5.74, 6) is -0.373. The number of benzene rings is 1. The fourth-order valence-corrected chi connectivity index (χ4v) is 5.64. The molecule has 2 N–H and O–H groups in total. The van der Waals surface area contributed by atoms with Crippen LogP contribution in [0.2, 0.25) is 0 Å². The Morgan fingerprint density at radius 3 is 2.42 bits per heavy atom. The van der Waals surface area contributed by atoms with E-state index in [1.54, 1.807) is 4.90 Å². The minimum Gasteiger partial charge on any atom is -0.369 e. The van der Waals surface area contributed by atoms with Crippen molar-refractivity contribution in [2.75, 3.05) is 57.8 Å². The minimum absolute atomic E-state index is 0.0263. The summed E-state index contributed by atoms with van der Waals surface area (Å²) in [6.45, 7) is 11.9. The molecule has 4 atom stereocenters. The molecule has 0 spiro atoms. The van der Waals surface area contributed by atoms with Gasteiger partial charge in [0.15, 0.2) is 5.78 Å². The van der Waals surface area contributed by atoms with Gasteiger partial charge in [0, 0.05) is 44.0 Å². The standard InChI is InChI=1S/C27H41N5O4/c1-5-10-30-11-13-31(14-12-30)20-8-6-19(7-9-20)26(34)29-21(15-18(2)3)27(35)32-16-22(28-4)25-24(32)23(33)17-36-25/h6-9,18,21-22,24-25,28H,5,10-17H2,1-4H3,(H,29,34)/t21?,22-,24+,25+/m0/s1. The molecule has 3 heterocycles. The fraction of sp³-hybridized carbons (Fsp3) is 0.667. The topological polar surface area (TPSA) is 94.2 Å². The average Bonchev–Trinajstić information content (AvgIpc) is 3.44. The lowest BCUT2D eigenvalue weighted by Crippen LogP contribution is -2.52. The van der Waals surface area contributed by atoms with Crippen LogP contribution in [0.15, 0.2) is 24.3 Å². The monoisotopic (exact) mass is 499 g/mol. The lowest BCUT2D eigenvalue weighted by molar-refractivity contribution is -0.138. The van der Waals surface area contributed by atoms with Crippen LogP contribution in [0.3, 0.4) is 0 Å². The maximum atomic E-state index is 13.6. The van der Waals surface area contributed by atoms with Gasteiger partial charge in [0.25, 0.3) is 5.91 Å². The number of likely N-dealkylation sites (tertiary alicyclic amines) is 1. The summed E-state index contributed by atoms with van der Waals surface area (Å²) in [6, 6.07) is 6.25. The number of carbonyl (C=O) groups is 3. The summed E-state index contributed by atoms with van der Waals surface area (Å²) in [5.41, 5.74) is 1.64. The first kappa shape index (κ1) is 26.6. The molecule has 36 heavy (non-hydrogen) atoms. The highest BCUT2D eigenvalue weighted by Crippen LogP contribution is 2.29. The third kappa shape index (κ3) is 5.74. The van der Waals surface area contributed by atoms with Crippen LogP contribution in [0.25, 0.3) is 0 Å². The molecular formula is C27H41N5O4. The number of likely N-dealkylation sites (N-methyl/N-ethyl adjacent to an activating group) is 1. The molecule has 0 saturated carbocycles. The number of fused-ring (bicyclic) bond motifs is 1. The molecule has 3 saturated heterocycles. The molecular weight excluding hydrogens is 458 g/mol. The number of nitrogens with zero attached hydrogens (tertiary/aromatic N) is 3. The van der Waals surface area contributed by atoms with Crippen LogP contribution in [0, 0.1) is 5.92 Å². The molecule has 198 valence electrons. The van der Waals surface area contributed by atoms with Crippen molar-refractivity contribution in [3.05, 3.63) is 29.8 Å². The van der Waals surface area contributed by atoms with Crippen molar-refractivity contribution in [3.63, 3.8) is 0 Å². The number of ketones is 1. The van der Waals surface area contributed by atoms with E-state index < -0.39 is 12.1 Å². The van der Waals surface area contributed by atoms with E-state index in [0.29, 0.717) is 18.5 Å². The number of piperazine rings is 1. The van der Waals surface area contributed by atoms with Crippen molar-refractivity contribution >= 4 is 23.3 Å². The van der Waals surface area contributed by atoms with E-state index in [4.69, 9.17) is 4.74 Å². The number of nitrogens with one attached hydrogen (secondary N) is 2. The van der Waals surface area contributed by atoms with Crippen molar-refractivity contribution in [3.8, 4) is 0 Å². The summed E-state index contributed by atoms with van der Waals surface area (Å²) in [7, 11) is 1.81. The molecule has 3 fully saturated rings. The van der Waals surface area contributed by atoms with Gasteiger partial charge in [0.1, 0.15) is 24.8 Å². The lowest BCUT2D eigenvalue weighted by atomic mass is 10.0. The maximum absolute atomic E-state index is 13.6. The van der Waals surface area contributed by atoms with Crippen LogP contribution >= 0.6 is 0 Å². The number of carbonyl (C=O) groups excluding carboxylic acids is 3. The quantitative estimate of drug-likeness (QED) is 0.526. The Kier molecular flexibility index (Phi) is 8.64. The number of anilines is 1. The summed E-state index contributed by atoms with van der Waals surface area (Å²) in [4.78, 5) is 45.7. The summed E-state index contributed by atoms with van der Waals surface area (Å²) in [6.07, 6.45) is 1.33. The number of hydrogen-bond donors (Lipinski definition) is 2. The zero-order valence-electron chi connectivity index (χ0n) is 22.0. The number of hydrogen-bond acceptors (Lipinski definition) is 7. The maximum Gasteiger partial charge on any atom is 0.251 e. The molecule has 2 amide bonds. The predicted molar refractivity (Wildman–Crippen MR) is 139 cm³/mol. The van der Waals surface area contributed by atoms with Crippen molar-refractivity contribution in [2.24, 2.45) is 5.92 Å². The van der Waals surface area contributed by atoms with Crippen LogP contribution in [0.4, 0.5) is 5.69 Å². The number of ether oxygens (including phenoxy) is 1. The molecule has 0 radical (unpaired) electrons. The van der Waals surface area contributed by atoms with Crippen LogP contribution in [0.1, 0.15) is 44.0 Å². The Morgan fingerprint density at radius 1 is 1.11 bits per heavy atom. The second-order valence-electron chi connectivity index (χ2n) is 10.6. The Morgan fingerprint density at radius 2 is 1.81 bits per heavy atom. The molecule has 9 nitrogen and oxygen atoms in total. The summed E-state index contributed by atoms with van der Waals surface area (Å²) in [5, 5.41) is 6.13. The number of Topliss-reactive ketones (excluding diaryl/α,β-unsaturated/α-hetero) is 1. The third-order valence-electron chi connectivity index (χ3n) is 7.56. The highest BCUT2D eigenvalue weighted by Gasteiger charge is 2.52. The molecule has 0 aromatic heterocycles. The van der Waals surface area contributed by atoms with Gasteiger partial charge >= 0.3 is 0 Å². The van der Waals surface area contributed by atoms with Crippen LogP contribution in [0.5, 0.6) is 0 Å².